The van der Waals surface area contributed by atoms with Gasteiger partial charge in [-0.2, -0.15) is 17.0 Å². The Bertz CT molecular complexity index is 307. The van der Waals surface area contributed by atoms with Gasteiger partial charge in [0.1, 0.15) is 11.6 Å². The lowest BCUT2D eigenvalue weighted by Gasteiger charge is -1.98. The van der Waals surface area contributed by atoms with Gasteiger partial charge < -0.3 is 5.73 Å². The zero-order valence-electron chi connectivity index (χ0n) is 7.10. The maximum absolute atomic E-state index is 8.29. The zero-order chi connectivity index (χ0) is 9.52. The van der Waals surface area contributed by atoms with E-state index in [1.807, 2.05) is 0 Å². The van der Waals surface area contributed by atoms with Crippen LogP contribution in [0.5, 0.6) is 0 Å². The minimum atomic E-state index is 0.492. The molecule has 0 amide bonds. The smallest absolute Gasteiger partial charge is 0.140 e. The van der Waals surface area contributed by atoms with Gasteiger partial charge in [-0.25, -0.2) is 9.97 Å². The molecule has 0 radical (unpaired) electrons. The molecule has 1 aromatic heterocycles. The van der Waals surface area contributed by atoms with Crippen LogP contribution in [0.3, 0.4) is 0 Å². The number of nitrogens with zero attached hydrogens (tertiary/aromatic N) is 3. The Balaban J connectivity index is 2.33. The largest absolute Gasteiger partial charge is 0.384 e. The van der Waals surface area contributed by atoms with E-state index in [4.69, 9.17) is 11.0 Å². The molecule has 1 rings (SSSR count). The van der Waals surface area contributed by atoms with Crippen LogP contribution in [-0.2, 0) is 5.75 Å². The lowest BCUT2D eigenvalue weighted by atomic mass is 10.5. The third kappa shape index (κ3) is 3.76. The Morgan fingerprint density at radius 2 is 2.46 bits per heavy atom. The average molecular weight is 194 g/mol. The summed E-state index contributed by atoms with van der Waals surface area (Å²) < 4.78 is 0. The molecule has 13 heavy (non-hydrogen) atoms. The lowest BCUT2D eigenvalue weighted by molar-refractivity contribution is 1.04. The maximum Gasteiger partial charge on any atom is 0.140 e. The molecule has 0 fully saturated rings. The van der Waals surface area contributed by atoms with Gasteiger partial charge in [0.25, 0.3) is 0 Å². The summed E-state index contributed by atoms with van der Waals surface area (Å²) in [5.74, 6) is 2.75. The van der Waals surface area contributed by atoms with Gasteiger partial charge in [-0.3, -0.25) is 0 Å². The molecule has 0 unspecified atom stereocenters. The van der Waals surface area contributed by atoms with Crippen molar-refractivity contribution in [1.29, 1.82) is 5.26 Å². The van der Waals surface area contributed by atoms with Gasteiger partial charge in [-0.15, -0.1) is 0 Å². The average Bonchev–Trinajstić information content (AvgIpc) is 2.13. The van der Waals surface area contributed by atoms with Crippen LogP contribution >= 0.6 is 11.8 Å². The van der Waals surface area contributed by atoms with E-state index in [2.05, 4.69) is 16.0 Å². The molecule has 1 aromatic rings. The Labute approximate surface area is 81.2 Å². The molecule has 68 valence electrons. The van der Waals surface area contributed by atoms with Gasteiger partial charge >= 0.3 is 0 Å². The number of nitrogens with two attached hydrogens (primary N) is 1. The molecule has 5 heteroatoms. The fraction of sp³-hybridized carbons (Fsp3) is 0.375. The number of nitrogen functional groups attached to an aromatic ring is 1. The Kier molecular flexibility index (Phi) is 4.06. The zero-order valence-corrected chi connectivity index (χ0v) is 7.92. The number of hydrogen-bond acceptors (Lipinski definition) is 5. The van der Waals surface area contributed by atoms with Gasteiger partial charge in [0.05, 0.1) is 11.8 Å². The molecule has 0 aliphatic rings. The molecule has 1 heterocycles. The van der Waals surface area contributed by atoms with Crippen LogP contribution in [0.1, 0.15) is 12.2 Å². The Hall–Kier alpha value is -1.28. The monoisotopic (exact) mass is 194 g/mol. The molecular weight excluding hydrogens is 184 g/mol. The summed E-state index contributed by atoms with van der Waals surface area (Å²) in [6.45, 7) is 0. The van der Waals surface area contributed by atoms with E-state index in [-0.39, 0.29) is 0 Å². The standard InChI is InChI=1S/C8H10N4S/c9-3-1-5-13-6-8-11-4-2-7(10)12-8/h2,4H,1,5-6H2,(H2,10,11,12). The minimum Gasteiger partial charge on any atom is -0.384 e. The van der Waals surface area contributed by atoms with Crippen LogP contribution in [0.15, 0.2) is 12.3 Å². The first-order valence-electron chi connectivity index (χ1n) is 3.85. The molecule has 0 saturated carbocycles. The molecule has 0 saturated heterocycles. The van der Waals surface area contributed by atoms with E-state index in [0.29, 0.717) is 18.0 Å². The van der Waals surface area contributed by atoms with Gasteiger partial charge in [0, 0.05) is 18.4 Å². The maximum atomic E-state index is 8.29. The van der Waals surface area contributed by atoms with E-state index < -0.39 is 0 Å². The molecule has 0 bridgehead atoms. The highest BCUT2D eigenvalue weighted by atomic mass is 32.2. The highest BCUT2D eigenvalue weighted by Crippen LogP contribution is 2.09. The van der Waals surface area contributed by atoms with Crippen molar-refractivity contribution in [3.63, 3.8) is 0 Å². The molecule has 0 atom stereocenters. The van der Waals surface area contributed by atoms with Crippen LogP contribution in [0, 0.1) is 11.3 Å². The predicted molar refractivity (Wildman–Crippen MR) is 52.8 cm³/mol. The number of hydrogen-bond donors (Lipinski definition) is 1. The summed E-state index contributed by atoms with van der Waals surface area (Å²) in [5, 5.41) is 8.29. The third-order valence-corrected chi connectivity index (χ3v) is 2.27. The van der Waals surface area contributed by atoms with E-state index in [0.717, 1.165) is 11.6 Å². The molecule has 0 aromatic carbocycles. The fourth-order valence-electron chi connectivity index (χ4n) is 0.766. The van der Waals surface area contributed by atoms with E-state index in [1.54, 1.807) is 24.0 Å². The van der Waals surface area contributed by atoms with Crippen molar-refractivity contribution in [2.24, 2.45) is 0 Å². The minimum absolute atomic E-state index is 0.492. The normalized spacial score (nSPS) is 9.46. The van der Waals surface area contributed by atoms with Crippen LogP contribution in [0.25, 0.3) is 0 Å². The topological polar surface area (TPSA) is 75.6 Å². The summed E-state index contributed by atoms with van der Waals surface area (Å²) in [6.07, 6.45) is 2.20. The second-order valence-electron chi connectivity index (χ2n) is 2.36. The number of aromatic nitrogens is 2. The molecule has 4 nitrogen and oxygen atoms in total. The summed E-state index contributed by atoms with van der Waals surface area (Å²) >= 11 is 1.64. The summed E-state index contributed by atoms with van der Waals surface area (Å²) in [6, 6.07) is 3.74. The van der Waals surface area contributed by atoms with Gasteiger partial charge in [-0.05, 0) is 6.07 Å². The molecule has 0 aliphatic heterocycles. The van der Waals surface area contributed by atoms with Gasteiger partial charge in [0.15, 0.2) is 0 Å². The number of nitriles is 1. The van der Waals surface area contributed by atoms with E-state index in [9.17, 15) is 0 Å². The van der Waals surface area contributed by atoms with Gasteiger partial charge in [-0.1, -0.05) is 0 Å². The Morgan fingerprint density at radius 3 is 3.15 bits per heavy atom. The van der Waals surface area contributed by atoms with Crippen LogP contribution in [-0.4, -0.2) is 15.7 Å². The van der Waals surface area contributed by atoms with E-state index in [1.165, 1.54) is 0 Å². The van der Waals surface area contributed by atoms with Crippen molar-refractivity contribution in [3.8, 4) is 6.07 Å². The predicted octanol–water partition coefficient (Wildman–Crippen LogP) is 1.21. The SMILES string of the molecule is N#CCCSCc1nccc(N)n1. The molecular formula is C8H10N4S. The highest BCUT2D eigenvalue weighted by molar-refractivity contribution is 7.98. The summed E-state index contributed by atoms with van der Waals surface area (Å²) in [4.78, 5) is 8.08. The van der Waals surface area contributed by atoms with Crippen LogP contribution in [0.2, 0.25) is 0 Å². The number of thioether (sulfide) groups is 1. The fourth-order valence-corrected chi connectivity index (χ4v) is 1.47. The van der Waals surface area contributed by atoms with Crippen molar-refractivity contribution in [2.75, 3.05) is 11.5 Å². The first-order valence-corrected chi connectivity index (χ1v) is 5.00. The van der Waals surface area contributed by atoms with Crippen LogP contribution in [0.4, 0.5) is 5.82 Å². The highest BCUT2D eigenvalue weighted by Gasteiger charge is 1.96. The second kappa shape index (κ2) is 5.38. The molecule has 0 aliphatic carbocycles. The van der Waals surface area contributed by atoms with Crippen LogP contribution < -0.4 is 5.73 Å². The van der Waals surface area contributed by atoms with Crippen molar-refractivity contribution >= 4 is 17.6 Å². The Morgan fingerprint density at radius 1 is 1.62 bits per heavy atom. The van der Waals surface area contributed by atoms with Crippen molar-refractivity contribution < 1.29 is 0 Å². The van der Waals surface area contributed by atoms with E-state index >= 15 is 0 Å². The van der Waals surface area contributed by atoms with Crippen molar-refractivity contribution in [3.05, 3.63) is 18.1 Å². The molecule has 2 N–H and O–H groups in total. The first kappa shape index (κ1) is 9.81. The first-order chi connectivity index (χ1) is 6.33. The molecule has 0 spiro atoms. The summed E-state index contributed by atoms with van der Waals surface area (Å²) in [5.41, 5.74) is 5.48. The van der Waals surface area contributed by atoms with Gasteiger partial charge in [0.2, 0.25) is 0 Å². The number of rotatable bonds is 4. The quantitative estimate of drug-likeness (QED) is 0.729. The van der Waals surface area contributed by atoms with Crippen molar-refractivity contribution in [2.45, 2.75) is 12.2 Å². The second-order valence-corrected chi connectivity index (χ2v) is 3.46. The summed E-state index contributed by atoms with van der Waals surface area (Å²) in [7, 11) is 0. The van der Waals surface area contributed by atoms with Crippen molar-refractivity contribution in [1.82, 2.24) is 9.97 Å². The number of anilines is 1. The third-order valence-electron chi connectivity index (χ3n) is 1.32. The lowest BCUT2D eigenvalue weighted by Crippen LogP contribution is -1.97.